The van der Waals surface area contributed by atoms with Gasteiger partial charge in [-0.15, -0.1) is 0 Å². The molecule has 1 aromatic carbocycles. The summed E-state index contributed by atoms with van der Waals surface area (Å²) < 4.78 is 51.2. The van der Waals surface area contributed by atoms with Gasteiger partial charge in [-0.2, -0.15) is 18.7 Å². The molecule has 3 heterocycles. The van der Waals surface area contributed by atoms with Gasteiger partial charge in [0.1, 0.15) is 18.1 Å². The van der Waals surface area contributed by atoms with E-state index in [-0.39, 0.29) is 48.4 Å². The van der Waals surface area contributed by atoms with E-state index >= 15 is 0 Å². The van der Waals surface area contributed by atoms with Crippen LogP contribution in [0.2, 0.25) is 25.7 Å². The van der Waals surface area contributed by atoms with Gasteiger partial charge in [0.05, 0.1) is 18.1 Å². The highest BCUT2D eigenvalue weighted by Gasteiger charge is 2.40. The highest BCUT2D eigenvalue weighted by Crippen LogP contribution is 2.44. The van der Waals surface area contributed by atoms with Crippen molar-refractivity contribution in [1.29, 1.82) is 0 Å². The fourth-order valence-corrected chi connectivity index (χ4v) is 6.31. The number of nitrogens with zero attached hydrogens (tertiary/aromatic N) is 4. The summed E-state index contributed by atoms with van der Waals surface area (Å²) in [5.41, 5.74) is 1.48. The van der Waals surface area contributed by atoms with Crippen LogP contribution >= 0.6 is 0 Å². The smallest absolute Gasteiger partial charge is 0.414 e. The average molecular weight is 660 g/mol. The molecule has 250 valence electrons. The third-order valence-corrected chi connectivity index (χ3v) is 9.74. The Kier molecular flexibility index (Phi) is 9.33. The van der Waals surface area contributed by atoms with Gasteiger partial charge in [0.2, 0.25) is 11.8 Å². The molecule has 5 rings (SSSR count). The Balaban J connectivity index is 1.60. The van der Waals surface area contributed by atoms with Gasteiger partial charge < -0.3 is 28.4 Å². The number of methoxy groups -OCH3 is 1. The lowest BCUT2D eigenvalue weighted by Gasteiger charge is -2.24. The van der Waals surface area contributed by atoms with Crippen LogP contribution in [-0.4, -0.2) is 71.5 Å². The van der Waals surface area contributed by atoms with Gasteiger partial charge in [-0.3, -0.25) is 10.1 Å². The molecular weight excluding hydrogens is 616 g/mol. The Morgan fingerprint density at radius 3 is 2.50 bits per heavy atom. The van der Waals surface area contributed by atoms with E-state index in [1.54, 1.807) is 36.4 Å². The van der Waals surface area contributed by atoms with Crippen molar-refractivity contribution >= 4 is 37.1 Å². The summed E-state index contributed by atoms with van der Waals surface area (Å²) in [6.07, 6.45) is 3.12. The lowest BCUT2D eigenvalue weighted by Crippen LogP contribution is -2.34. The van der Waals surface area contributed by atoms with E-state index in [0.717, 1.165) is 18.9 Å². The number of hydrogen-bond donors (Lipinski definition) is 1. The molecule has 14 heteroatoms. The average Bonchev–Trinajstić information content (AvgIpc) is 3.65. The third kappa shape index (κ3) is 7.60. The molecule has 0 saturated heterocycles. The Labute approximate surface area is 268 Å². The minimum absolute atomic E-state index is 0.0117. The highest BCUT2D eigenvalue weighted by atomic mass is 28.3. The van der Waals surface area contributed by atoms with Crippen LogP contribution in [0.25, 0.3) is 22.2 Å². The quantitative estimate of drug-likeness (QED) is 0.161. The second-order valence-electron chi connectivity index (χ2n) is 14.1. The number of amides is 2. The first kappa shape index (κ1) is 33.6. The monoisotopic (exact) mass is 659 g/mol. The largest absolute Gasteiger partial charge is 0.480 e. The van der Waals surface area contributed by atoms with E-state index < -0.39 is 26.4 Å². The van der Waals surface area contributed by atoms with Crippen LogP contribution in [0.3, 0.4) is 0 Å². The normalized spacial score (nSPS) is 15.8. The molecule has 46 heavy (non-hydrogen) atoms. The SMILES string of the molecule is COc1nc(NC(=O)OC(C)(C)C)nc2c1c(-c1cc3c(c(OC(F)F)c1)C(=O)N([C@@H](C)C1CC1)C3)cn2COCC[Si](C)(C)C. The third-order valence-electron chi connectivity index (χ3n) is 8.04. The van der Waals surface area contributed by atoms with Crippen LogP contribution in [0.4, 0.5) is 19.5 Å². The predicted octanol–water partition coefficient (Wildman–Crippen LogP) is 7.12. The van der Waals surface area contributed by atoms with E-state index in [4.69, 9.17) is 18.9 Å². The molecule has 1 aliphatic carbocycles. The van der Waals surface area contributed by atoms with Crippen molar-refractivity contribution in [2.24, 2.45) is 5.92 Å². The van der Waals surface area contributed by atoms with Gasteiger partial charge in [0.25, 0.3) is 5.91 Å². The van der Waals surface area contributed by atoms with Gasteiger partial charge in [-0.05, 0) is 75.8 Å². The maximum absolute atomic E-state index is 13.7. The van der Waals surface area contributed by atoms with Crippen molar-refractivity contribution in [1.82, 2.24) is 19.4 Å². The Hall–Kier alpha value is -3.78. The highest BCUT2D eigenvalue weighted by molar-refractivity contribution is 6.76. The van der Waals surface area contributed by atoms with Crippen LogP contribution in [0.1, 0.15) is 56.5 Å². The molecule has 1 N–H and O–H groups in total. The summed E-state index contributed by atoms with van der Waals surface area (Å²) in [6, 6.07) is 4.21. The lowest BCUT2D eigenvalue weighted by atomic mass is 9.99. The molecule has 2 aromatic heterocycles. The number of ether oxygens (including phenoxy) is 4. The van der Waals surface area contributed by atoms with Crippen LogP contribution in [0, 0.1) is 5.92 Å². The van der Waals surface area contributed by atoms with Gasteiger partial charge in [-0.1, -0.05) is 19.6 Å². The number of nitrogens with one attached hydrogen (secondary N) is 1. The zero-order chi connectivity index (χ0) is 33.6. The fraction of sp³-hybridized carbons (Fsp3) is 0.562. The van der Waals surface area contributed by atoms with Crippen LogP contribution in [0.5, 0.6) is 11.6 Å². The van der Waals surface area contributed by atoms with Crippen molar-refractivity contribution in [3.05, 3.63) is 29.5 Å². The maximum atomic E-state index is 13.7. The Morgan fingerprint density at radius 2 is 1.89 bits per heavy atom. The topological polar surface area (TPSA) is 117 Å². The van der Waals surface area contributed by atoms with Gasteiger partial charge in [0, 0.05) is 39.0 Å². The molecule has 2 aliphatic rings. The second-order valence-corrected chi connectivity index (χ2v) is 19.8. The number of halogens is 2. The van der Waals surface area contributed by atoms with Gasteiger partial charge in [-0.25, -0.2) is 4.79 Å². The summed E-state index contributed by atoms with van der Waals surface area (Å²) in [6.45, 7) is 11.8. The first-order valence-corrected chi connectivity index (χ1v) is 19.2. The molecule has 1 aliphatic heterocycles. The number of anilines is 1. The molecule has 0 bridgehead atoms. The number of alkyl halides is 2. The standard InChI is InChI=1S/C32H43F2N5O6Si/c1-18(19-9-10-19)39-15-21-13-20(14-23(44-29(33)34)24(21)28(39)40)22-16-38(17-43-11-12-46(6,7)8)26-25(22)27(42-5)36-30(35-26)37-31(41)45-32(2,3)4/h13-14,16,18-19,29H,9-12,15,17H2,1-8H3,(H,35,36,37,41)/t18-/m0/s1. The van der Waals surface area contributed by atoms with Crippen molar-refractivity contribution in [2.45, 2.75) is 97.8 Å². The van der Waals surface area contributed by atoms with Gasteiger partial charge >= 0.3 is 12.7 Å². The summed E-state index contributed by atoms with van der Waals surface area (Å²) in [5.74, 6) is 0.00405. The number of benzene rings is 1. The molecule has 0 spiro atoms. The fourth-order valence-electron chi connectivity index (χ4n) is 5.56. The minimum Gasteiger partial charge on any atom is -0.480 e. The van der Waals surface area contributed by atoms with E-state index in [9.17, 15) is 18.4 Å². The molecule has 0 unspecified atom stereocenters. The van der Waals surface area contributed by atoms with Crippen molar-refractivity contribution in [3.8, 4) is 22.8 Å². The summed E-state index contributed by atoms with van der Waals surface area (Å²) in [5, 5.41) is 3.04. The molecule has 2 amide bonds. The molecule has 0 radical (unpaired) electrons. The summed E-state index contributed by atoms with van der Waals surface area (Å²) in [4.78, 5) is 36.8. The molecule has 11 nitrogen and oxygen atoms in total. The number of fused-ring (bicyclic) bond motifs is 2. The second kappa shape index (κ2) is 12.8. The van der Waals surface area contributed by atoms with Crippen molar-refractivity contribution < 1.29 is 37.3 Å². The van der Waals surface area contributed by atoms with E-state index in [2.05, 4.69) is 34.9 Å². The minimum atomic E-state index is -3.12. The lowest BCUT2D eigenvalue weighted by molar-refractivity contribution is -0.0501. The summed E-state index contributed by atoms with van der Waals surface area (Å²) >= 11 is 0. The Morgan fingerprint density at radius 1 is 1.17 bits per heavy atom. The number of aromatic nitrogens is 3. The van der Waals surface area contributed by atoms with Crippen LogP contribution in [0.15, 0.2) is 18.3 Å². The van der Waals surface area contributed by atoms with Gasteiger partial charge in [0.15, 0.2) is 5.65 Å². The Bertz CT molecular complexity index is 1630. The van der Waals surface area contributed by atoms with E-state index in [1.165, 1.54) is 13.2 Å². The van der Waals surface area contributed by atoms with Crippen LogP contribution in [-0.2, 0) is 22.7 Å². The molecule has 1 fully saturated rings. The number of hydrogen-bond acceptors (Lipinski definition) is 8. The van der Waals surface area contributed by atoms with E-state index in [0.29, 0.717) is 40.2 Å². The first-order chi connectivity index (χ1) is 21.5. The maximum Gasteiger partial charge on any atom is 0.414 e. The van der Waals surface area contributed by atoms with E-state index in [1.807, 2.05) is 13.0 Å². The predicted molar refractivity (Wildman–Crippen MR) is 172 cm³/mol. The molecular formula is C32H43F2N5O6Si. The zero-order valence-electron chi connectivity index (χ0n) is 27.7. The number of carbonyl (C=O) groups is 2. The molecule has 3 aromatic rings. The number of rotatable bonds is 12. The van der Waals surface area contributed by atoms with Crippen molar-refractivity contribution in [3.63, 3.8) is 0 Å². The molecule has 1 atom stereocenters. The zero-order valence-corrected chi connectivity index (χ0v) is 28.7. The van der Waals surface area contributed by atoms with Crippen molar-refractivity contribution in [2.75, 3.05) is 19.0 Å². The first-order valence-electron chi connectivity index (χ1n) is 15.5. The van der Waals surface area contributed by atoms with Crippen LogP contribution < -0.4 is 14.8 Å². The summed E-state index contributed by atoms with van der Waals surface area (Å²) in [7, 11) is 0.0799. The number of carbonyl (C=O) groups excluding carboxylic acids is 2. The molecule has 1 saturated carbocycles.